The zero-order valence-electron chi connectivity index (χ0n) is 13.6. The molecule has 25 heavy (non-hydrogen) atoms. The maximum atomic E-state index is 12.2. The highest BCUT2D eigenvalue weighted by Gasteiger charge is 2.10. The Morgan fingerprint density at radius 1 is 1.08 bits per heavy atom. The van der Waals surface area contributed by atoms with Crippen molar-refractivity contribution >= 4 is 28.9 Å². The predicted molar refractivity (Wildman–Crippen MR) is 97.7 cm³/mol. The largest absolute Gasteiger partial charge is 0.465 e. The number of nitrogens with one attached hydrogen (secondary N) is 1. The third kappa shape index (κ3) is 4.30. The second-order valence-electron chi connectivity index (χ2n) is 5.30. The molecule has 3 aromatic rings. The molecule has 0 atom stereocenters. The van der Waals surface area contributed by atoms with Gasteiger partial charge < -0.3 is 10.1 Å². The molecule has 1 aromatic heterocycles. The Labute approximate surface area is 149 Å². The van der Waals surface area contributed by atoms with Gasteiger partial charge in [0.25, 0.3) is 0 Å². The van der Waals surface area contributed by atoms with Crippen LogP contribution in [0.5, 0.6) is 0 Å². The minimum Gasteiger partial charge on any atom is -0.465 e. The van der Waals surface area contributed by atoms with Gasteiger partial charge in [0.2, 0.25) is 5.91 Å². The summed E-state index contributed by atoms with van der Waals surface area (Å²) in [5.41, 5.74) is 2.83. The Bertz CT molecular complexity index is 873. The van der Waals surface area contributed by atoms with Gasteiger partial charge in [-0.2, -0.15) is 0 Å². The van der Waals surface area contributed by atoms with Gasteiger partial charge in [-0.25, -0.2) is 9.78 Å². The summed E-state index contributed by atoms with van der Waals surface area (Å²) in [5, 5.41) is 5.58. The van der Waals surface area contributed by atoms with Crippen molar-refractivity contribution in [2.45, 2.75) is 6.42 Å². The quantitative estimate of drug-likeness (QED) is 0.710. The number of hydrogen-bond donors (Lipinski definition) is 1. The lowest BCUT2D eigenvalue weighted by molar-refractivity contribution is -0.115. The number of anilines is 1. The van der Waals surface area contributed by atoms with Crippen LogP contribution in [0.1, 0.15) is 16.1 Å². The van der Waals surface area contributed by atoms with E-state index in [1.165, 1.54) is 18.4 Å². The molecule has 0 radical (unpaired) electrons. The molecular weight excluding hydrogens is 336 g/mol. The molecule has 2 aromatic carbocycles. The predicted octanol–water partition coefficient (Wildman–Crippen LogP) is 3.78. The van der Waals surface area contributed by atoms with Crippen LogP contribution in [0.25, 0.3) is 10.6 Å². The molecule has 0 bridgehead atoms. The third-order valence-electron chi connectivity index (χ3n) is 3.50. The number of benzene rings is 2. The van der Waals surface area contributed by atoms with Gasteiger partial charge in [-0.05, 0) is 24.3 Å². The second kappa shape index (κ2) is 7.72. The Morgan fingerprint density at radius 2 is 1.80 bits per heavy atom. The van der Waals surface area contributed by atoms with Crippen LogP contribution in [0, 0.1) is 0 Å². The Balaban J connectivity index is 1.61. The first-order chi connectivity index (χ1) is 12.2. The van der Waals surface area contributed by atoms with Crippen molar-refractivity contribution in [1.82, 2.24) is 4.98 Å². The van der Waals surface area contributed by atoms with Gasteiger partial charge in [-0.15, -0.1) is 11.3 Å². The Kier molecular flexibility index (Phi) is 5.20. The summed E-state index contributed by atoms with van der Waals surface area (Å²) in [4.78, 5) is 28.1. The monoisotopic (exact) mass is 352 g/mol. The van der Waals surface area contributed by atoms with Crippen LogP contribution in [-0.4, -0.2) is 24.0 Å². The number of hydrogen-bond acceptors (Lipinski definition) is 5. The molecule has 0 aliphatic heterocycles. The fourth-order valence-electron chi connectivity index (χ4n) is 2.28. The lowest BCUT2D eigenvalue weighted by Gasteiger charge is -2.05. The van der Waals surface area contributed by atoms with Crippen LogP contribution >= 0.6 is 11.3 Å². The molecule has 5 nitrogen and oxygen atoms in total. The topological polar surface area (TPSA) is 68.3 Å². The lowest BCUT2D eigenvalue weighted by atomic mass is 10.2. The fourth-order valence-corrected chi connectivity index (χ4v) is 3.10. The van der Waals surface area contributed by atoms with Crippen molar-refractivity contribution in [1.29, 1.82) is 0 Å². The van der Waals surface area contributed by atoms with E-state index in [4.69, 9.17) is 0 Å². The molecule has 0 spiro atoms. The van der Waals surface area contributed by atoms with Crippen molar-refractivity contribution in [3.05, 3.63) is 71.2 Å². The summed E-state index contributed by atoms with van der Waals surface area (Å²) in [6.45, 7) is 0. The summed E-state index contributed by atoms with van der Waals surface area (Å²) in [7, 11) is 1.33. The second-order valence-corrected chi connectivity index (χ2v) is 6.16. The minimum atomic E-state index is -0.409. The number of rotatable bonds is 5. The summed E-state index contributed by atoms with van der Waals surface area (Å²) in [6.07, 6.45) is 0.197. The molecule has 0 aliphatic rings. The first-order valence-electron chi connectivity index (χ1n) is 7.64. The standard InChI is InChI=1S/C19H16N2O3S/c1-24-19(23)14-7-9-15(10-8-14)20-17(22)11-16-12-25-18(21-16)13-5-3-2-4-6-13/h2-10,12H,11H2,1H3,(H,20,22). The van der Waals surface area contributed by atoms with Crippen molar-refractivity contribution in [2.24, 2.45) is 0 Å². The first-order valence-corrected chi connectivity index (χ1v) is 8.52. The van der Waals surface area contributed by atoms with Crippen molar-refractivity contribution in [2.75, 3.05) is 12.4 Å². The third-order valence-corrected chi connectivity index (χ3v) is 4.44. The Hall–Kier alpha value is -2.99. The fraction of sp³-hybridized carbons (Fsp3) is 0.105. The van der Waals surface area contributed by atoms with Crippen LogP contribution < -0.4 is 5.32 Å². The van der Waals surface area contributed by atoms with Gasteiger partial charge in [0, 0.05) is 16.6 Å². The molecule has 3 rings (SSSR count). The first kappa shape index (κ1) is 16.9. The highest BCUT2D eigenvalue weighted by molar-refractivity contribution is 7.13. The van der Waals surface area contributed by atoms with E-state index in [1.54, 1.807) is 24.3 Å². The minimum absolute atomic E-state index is 0.157. The normalized spacial score (nSPS) is 10.3. The molecular formula is C19H16N2O3S. The number of nitrogens with zero attached hydrogens (tertiary/aromatic N) is 1. The molecule has 1 heterocycles. The van der Waals surface area contributed by atoms with E-state index in [1.807, 2.05) is 35.7 Å². The van der Waals surface area contributed by atoms with Gasteiger partial charge in [-0.1, -0.05) is 30.3 Å². The van der Waals surface area contributed by atoms with E-state index < -0.39 is 5.97 Å². The molecule has 126 valence electrons. The van der Waals surface area contributed by atoms with E-state index in [2.05, 4.69) is 15.0 Å². The molecule has 0 unspecified atom stereocenters. The highest BCUT2D eigenvalue weighted by Crippen LogP contribution is 2.23. The van der Waals surface area contributed by atoms with Crippen LogP contribution in [0.2, 0.25) is 0 Å². The van der Waals surface area contributed by atoms with Gasteiger partial charge in [0.05, 0.1) is 24.8 Å². The van der Waals surface area contributed by atoms with Crippen LogP contribution in [0.15, 0.2) is 60.0 Å². The molecule has 1 amide bonds. The smallest absolute Gasteiger partial charge is 0.337 e. The summed E-state index contributed by atoms with van der Waals surface area (Å²) in [5.74, 6) is -0.565. The summed E-state index contributed by atoms with van der Waals surface area (Å²) >= 11 is 1.52. The number of aromatic nitrogens is 1. The van der Waals surface area contributed by atoms with Gasteiger partial charge >= 0.3 is 5.97 Å². The molecule has 0 fully saturated rings. The average Bonchev–Trinajstić information content (AvgIpc) is 3.10. The zero-order valence-corrected chi connectivity index (χ0v) is 14.4. The number of thiazole rings is 1. The van der Waals surface area contributed by atoms with Gasteiger partial charge in [-0.3, -0.25) is 4.79 Å². The zero-order chi connectivity index (χ0) is 17.6. The number of amides is 1. The SMILES string of the molecule is COC(=O)c1ccc(NC(=O)Cc2csc(-c3ccccc3)n2)cc1. The molecule has 6 heteroatoms. The number of esters is 1. The van der Waals surface area contributed by atoms with Crippen LogP contribution in [-0.2, 0) is 16.0 Å². The van der Waals surface area contributed by atoms with Crippen molar-refractivity contribution in [3.63, 3.8) is 0 Å². The van der Waals surface area contributed by atoms with Gasteiger partial charge in [0.15, 0.2) is 0 Å². The number of carbonyl (C=O) groups is 2. The average molecular weight is 352 g/mol. The Morgan fingerprint density at radius 3 is 2.48 bits per heavy atom. The lowest BCUT2D eigenvalue weighted by Crippen LogP contribution is -2.14. The molecule has 0 saturated carbocycles. The number of ether oxygens (including phenoxy) is 1. The van der Waals surface area contributed by atoms with E-state index in [-0.39, 0.29) is 12.3 Å². The summed E-state index contributed by atoms with van der Waals surface area (Å²) < 4.78 is 4.64. The van der Waals surface area contributed by atoms with Crippen LogP contribution in [0.4, 0.5) is 5.69 Å². The van der Waals surface area contributed by atoms with E-state index in [0.717, 1.165) is 16.3 Å². The molecule has 1 N–H and O–H groups in total. The van der Waals surface area contributed by atoms with E-state index >= 15 is 0 Å². The maximum absolute atomic E-state index is 12.2. The summed E-state index contributed by atoms with van der Waals surface area (Å²) in [6, 6.07) is 16.4. The maximum Gasteiger partial charge on any atom is 0.337 e. The van der Waals surface area contributed by atoms with E-state index in [9.17, 15) is 9.59 Å². The highest BCUT2D eigenvalue weighted by atomic mass is 32.1. The van der Waals surface area contributed by atoms with Crippen LogP contribution in [0.3, 0.4) is 0 Å². The number of methoxy groups -OCH3 is 1. The molecule has 0 saturated heterocycles. The van der Waals surface area contributed by atoms with Gasteiger partial charge in [0.1, 0.15) is 5.01 Å². The van der Waals surface area contributed by atoms with Crippen molar-refractivity contribution < 1.29 is 14.3 Å². The van der Waals surface area contributed by atoms with E-state index in [0.29, 0.717) is 11.3 Å². The van der Waals surface area contributed by atoms with Crippen molar-refractivity contribution in [3.8, 4) is 10.6 Å². The number of carbonyl (C=O) groups excluding carboxylic acids is 2. The molecule has 0 aliphatic carbocycles.